The second-order valence-corrected chi connectivity index (χ2v) is 7.33. The Kier molecular flexibility index (Phi) is 6.84. The van der Waals surface area contributed by atoms with Crippen LogP contribution >= 0.6 is 0 Å². The van der Waals surface area contributed by atoms with Gasteiger partial charge in [0.05, 0.1) is 17.7 Å². The van der Waals surface area contributed by atoms with Crippen molar-refractivity contribution in [2.45, 2.75) is 25.7 Å². The SMILES string of the molecule is C[C@@H](Cn1cc(C(=O)N2CCN(c3ncc(C(F)(F)F)cn3)CC2)cc(F)c1=O)OC(N)=O. The Morgan fingerprint density at radius 1 is 1.18 bits per heavy atom. The van der Waals surface area contributed by atoms with Crippen molar-refractivity contribution in [3.63, 3.8) is 0 Å². The topological polar surface area (TPSA) is 124 Å². The monoisotopic (exact) mass is 472 g/mol. The molecule has 0 bridgehead atoms. The summed E-state index contributed by atoms with van der Waals surface area (Å²) in [5, 5.41) is 0. The first-order chi connectivity index (χ1) is 15.5. The predicted octanol–water partition coefficient (Wildman–Crippen LogP) is 1.24. The molecule has 3 rings (SSSR count). The summed E-state index contributed by atoms with van der Waals surface area (Å²) >= 11 is 0. The van der Waals surface area contributed by atoms with E-state index in [0.29, 0.717) is 12.4 Å². The number of hydrogen-bond donors (Lipinski definition) is 1. The molecule has 3 heterocycles. The minimum Gasteiger partial charge on any atom is -0.445 e. The van der Waals surface area contributed by atoms with Gasteiger partial charge in [-0.2, -0.15) is 13.2 Å². The molecular weight excluding hydrogens is 452 g/mol. The number of pyridine rings is 1. The molecule has 2 aromatic rings. The van der Waals surface area contributed by atoms with E-state index in [1.54, 1.807) is 4.90 Å². The van der Waals surface area contributed by atoms with Crippen LogP contribution in [0.5, 0.6) is 0 Å². The zero-order chi connectivity index (χ0) is 24.3. The van der Waals surface area contributed by atoms with E-state index >= 15 is 0 Å². The molecule has 14 heteroatoms. The molecule has 0 aromatic carbocycles. The number of primary amides is 1. The minimum atomic E-state index is -4.54. The molecule has 33 heavy (non-hydrogen) atoms. The number of amides is 2. The van der Waals surface area contributed by atoms with Crippen LogP contribution in [0.25, 0.3) is 0 Å². The Morgan fingerprint density at radius 3 is 2.33 bits per heavy atom. The molecular formula is C19H20F4N6O4. The lowest BCUT2D eigenvalue weighted by Gasteiger charge is -2.34. The molecule has 178 valence electrons. The fourth-order valence-electron chi connectivity index (χ4n) is 3.29. The Labute approximate surface area is 184 Å². The summed E-state index contributed by atoms with van der Waals surface area (Å²) in [6, 6.07) is 0.826. The largest absolute Gasteiger partial charge is 0.445 e. The van der Waals surface area contributed by atoms with Crippen molar-refractivity contribution in [3.8, 4) is 0 Å². The minimum absolute atomic E-state index is 0.0856. The molecule has 0 spiro atoms. The highest BCUT2D eigenvalue weighted by atomic mass is 19.4. The maximum absolute atomic E-state index is 14.1. The van der Waals surface area contributed by atoms with Gasteiger partial charge in [0.25, 0.3) is 11.5 Å². The number of ether oxygens (including phenoxy) is 1. The van der Waals surface area contributed by atoms with E-state index in [0.717, 1.165) is 10.6 Å². The van der Waals surface area contributed by atoms with Crippen LogP contribution in [0.15, 0.2) is 29.5 Å². The first kappa shape index (κ1) is 23.9. The summed E-state index contributed by atoms with van der Waals surface area (Å²) in [6.45, 7) is 2.06. The van der Waals surface area contributed by atoms with Gasteiger partial charge >= 0.3 is 12.3 Å². The molecule has 2 aromatic heterocycles. The number of halogens is 4. The average Bonchev–Trinajstić information content (AvgIpc) is 2.75. The maximum atomic E-state index is 14.1. The molecule has 1 saturated heterocycles. The molecule has 1 aliphatic heterocycles. The molecule has 0 radical (unpaired) electrons. The lowest BCUT2D eigenvalue weighted by Crippen LogP contribution is -2.49. The van der Waals surface area contributed by atoms with Crippen LogP contribution in [-0.4, -0.2) is 63.7 Å². The number of nitrogens with two attached hydrogens (primary N) is 1. The fourth-order valence-corrected chi connectivity index (χ4v) is 3.29. The highest BCUT2D eigenvalue weighted by Crippen LogP contribution is 2.28. The number of rotatable bonds is 5. The summed E-state index contributed by atoms with van der Waals surface area (Å²) in [5.74, 6) is -1.60. The van der Waals surface area contributed by atoms with Gasteiger partial charge in [0.1, 0.15) is 6.10 Å². The van der Waals surface area contributed by atoms with Crippen molar-refractivity contribution in [3.05, 3.63) is 52.0 Å². The van der Waals surface area contributed by atoms with E-state index in [1.807, 2.05) is 0 Å². The first-order valence-electron chi connectivity index (χ1n) is 9.75. The average molecular weight is 472 g/mol. The van der Waals surface area contributed by atoms with E-state index in [2.05, 4.69) is 9.97 Å². The van der Waals surface area contributed by atoms with Crippen molar-refractivity contribution >= 4 is 17.9 Å². The van der Waals surface area contributed by atoms with Crippen LogP contribution in [0.2, 0.25) is 0 Å². The number of aromatic nitrogens is 3. The zero-order valence-electron chi connectivity index (χ0n) is 17.4. The van der Waals surface area contributed by atoms with Crippen LogP contribution < -0.4 is 16.2 Å². The third-order valence-corrected chi connectivity index (χ3v) is 4.88. The van der Waals surface area contributed by atoms with E-state index in [4.69, 9.17) is 10.5 Å². The lowest BCUT2D eigenvalue weighted by atomic mass is 10.2. The molecule has 2 N–H and O–H groups in total. The summed E-state index contributed by atoms with van der Waals surface area (Å²) in [7, 11) is 0. The highest BCUT2D eigenvalue weighted by Gasteiger charge is 2.32. The van der Waals surface area contributed by atoms with Gasteiger partial charge < -0.3 is 24.8 Å². The van der Waals surface area contributed by atoms with E-state index < -0.39 is 41.2 Å². The van der Waals surface area contributed by atoms with Gasteiger partial charge in [-0.25, -0.2) is 19.2 Å². The zero-order valence-corrected chi connectivity index (χ0v) is 17.4. The smallest absolute Gasteiger partial charge is 0.419 e. The molecule has 0 aliphatic carbocycles. The molecule has 1 fully saturated rings. The number of nitrogens with zero attached hydrogens (tertiary/aromatic N) is 5. The van der Waals surface area contributed by atoms with Crippen LogP contribution in [0.4, 0.5) is 28.3 Å². The van der Waals surface area contributed by atoms with Crippen molar-refractivity contribution in [1.29, 1.82) is 0 Å². The number of alkyl halides is 3. The van der Waals surface area contributed by atoms with E-state index in [9.17, 15) is 31.9 Å². The van der Waals surface area contributed by atoms with Crippen LogP contribution in [0.1, 0.15) is 22.8 Å². The third kappa shape index (κ3) is 5.75. The maximum Gasteiger partial charge on any atom is 0.419 e. The molecule has 2 amide bonds. The van der Waals surface area contributed by atoms with Gasteiger partial charge in [0, 0.05) is 44.8 Å². The van der Waals surface area contributed by atoms with Crippen molar-refractivity contribution in [2.24, 2.45) is 5.73 Å². The number of piperazine rings is 1. The van der Waals surface area contributed by atoms with Crippen molar-refractivity contribution < 1.29 is 31.9 Å². The Bertz CT molecular complexity index is 1080. The van der Waals surface area contributed by atoms with Crippen molar-refractivity contribution in [1.82, 2.24) is 19.4 Å². The normalized spacial score (nSPS) is 15.3. The predicted molar refractivity (Wildman–Crippen MR) is 106 cm³/mol. The standard InChI is InChI=1S/C19H20F4N6O4/c1-11(33-17(24)32)9-29-10-12(6-14(20)16(29)31)15(30)27-2-4-28(5-3-27)18-25-7-13(8-26-18)19(21,22)23/h6-8,10-11H,2-5,9H2,1H3,(H2,24,32)/t11-/m0/s1. The Morgan fingerprint density at radius 2 is 1.79 bits per heavy atom. The molecule has 0 unspecified atom stereocenters. The summed E-state index contributed by atoms with van der Waals surface area (Å²) in [6.07, 6.45) is -3.89. The fraction of sp³-hybridized carbons (Fsp3) is 0.421. The van der Waals surface area contributed by atoms with E-state index in [-0.39, 0.29) is 44.2 Å². The van der Waals surface area contributed by atoms with Gasteiger partial charge in [-0.05, 0) is 13.0 Å². The quantitative estimate of drug-likeness (QED) is 0.650. The molecule has 1 aliphatic rings. The summed E-state index contributed by atoms with van der Waals surface area (Å²) in [4.78, 5) is 46.2. The number of carbonyl (C=O) groups excluding carboxylic acids is 2. The molecule has 0 saturated carbocycles. The lowest BCUT2D eigenvalue weighted by molar-refractivity contribution is -0.138. The number of carbonyl (C=O) groups is 2. The van der Waals surface area contributed by atoms with Gasteiger partial charge in [0.2, 0.25) is 5.95 Å². The second-order valence-electron chi connectivity index (χ2n) is 7.33. The highest BCUT2D eigenvalue weighted by molar-refractivity contribution is 5.94. The van der Waals surface area contributed by atoms with Gasteiger partial charge in [0.15, 0.2) is 5.82 Å². The van der Waals surface area contributed by atoms with Crippen LogP contribution in [0.3, 0.4) is 0 Å². The summed E-state index contributed by atoms with van der Waals surface area (Å²) in [5.41, 5.74) is 2.88. The summed E-state index contributed by atoms with van der Waals surface area (Å²) < 4.78 is 57.8. The Balaban J connectivity index is 1.68. The van der Waals surface area contributed by atoms with Gasteiger partial charge in [-0.15, -0.1) is 0 Å². The van der Waals surface area contributed by atoms with Crippen LogP contribution in [0, 0.1) is 5.82 Å². The second kappa shape index (κ2) is 9.42. The van der Waals surface area contributed by atoms with Crippen LogP contribution in [-0.2, 0) is 17.5 Å². The van der Waals surface area contributed by atoms with Crippen molar-refractivity contribution in [2.75, 3.05) is 31.1 Å². The van der Waals surface area contributed by atoms with Gasteiger partial charge in [-0.3, -0.25) is 9.59 Å². The number of hydrogen-bond acceptors (Lipinski definition) is 7. The molecule has 1 atom stereocenters. The van der Waals surface area contributed by atoms with Gasteiger partial charge in [-0.1, -0.05) is 0 Å². The number of anilines is 1. The van der Waals surface area contributed by atoms with E-state index in [1.165, 1.54) is 18.0 Å². The third-order valence-electron chi connectivity index (χ3n) is 4.88. The first-order valence-corrected chi connectivity index (χ1v) is 9.75. The Hall–Kier alpha value is -3.71. The molecule has 10 nitrogen and oxygen atoms in total.